The summed E-state index contributed by atoms with van der Waals surface area (Å²) in [5.41, 5.74) is 0.512. The third-order valence-corrected chi connectivity index (χ3v) is 6.02. The van der Waals surface area contributed by atoms with Crippen LogP contribution in [0.25, 0.3) is 11.1 Å². The maximum atomic E-state index is 14.7. The summed E-state index contributed by atoms with van der Waals surface area (Å²) in [4.78, 5) is 26.9. The number of piperidine rings is 1. The molecule has 0 aliphatic carbocycles. The molecular formula is C25H21F2NO3. The van der Waals surface area contributed by atoms with Gasteiger partial charge in [-0.05, 0) is 47.7 Å². The molecule has 0 aromatic heterocycles. The van der Waals surface area contributed by atoms with Gasteiger partial charge in [-0.25, -0.2) is 8.78 Å². The average Bonchev–Trinajstić information content (AvgIpc) is 2.79. The highest BCUT2D eigenvalue weighted by molar-refractivity contribution is 6.01. The van der Waals surface area contributed by atoms with Crippen molar-refractivity contribution in [1.82, 2.24) is 4.90 Å². The molecule has 4 nitrogen and oxygen atoms in total. The number of carbonyl (C=O) groups is 2. The SMILES string of the molecule is O=C(c1c(F)cccc1-c1ccccc1)N1CCC(C(=O)O)(c2ccc(F)cc2)CC1. The normalized spacial score (nSPS) is 15.5. The summed E-state index contributed by atoms with van der Waals surface area (Å²) in [5.74, 6) is -2.53. The largest absolute Gasteiger partial charge is 0.481 e. The number of carboxylic acids is 1. The van der Waals surface area contributed by atoms with E-state index in [0.29, 0.717) is 11.1 Å². The Morgan fingerprint density at radius 2 is 1.48 bits per heavy atom. The van der Waals surface area contributed by atoms with Gasteiger partial charge in [0, 0.05) is 13.1 Å². The molecule has 0 atom stereocenters. The van der Waals surface area contributed by atoms with E-state index >= 15 is 0 Å². The fourth-order valence-corrected chi connectivity index (χ4v) is 4.24. The highest BCUT2D eigenvalue weighted by Gasteiger charge is 2.44. The molecule has 1 aliphatic rings. The Morgan fingerprint density at radius 3 is 2.10 bits per heavy atom. The Balaban J connectivity index is 1.62. The van der Waals surface area contributed by atoms with Gasteiger partial charge in [-0.2, -0.15) is 0 Å². The van der Waals surface area contributed by atoms with Crippen LogP contribution in [0.2, 0.25) is 0 Å². The zero-order valence-corrected chi connectivity index (χ0v) is 16.7. The van der Waals surface area contributed by atoms with Crippen LogP contribution in [0.5, 0.6) is 0 Å². The van der Waals surface area contributed by atoms with Crippen molar-refractivity contribution in [2.75, 3.05) is 13.1 Å². The molecule has 1 saturated heterocycles. The van der Waals surface area contributed by atoms with Crippen molar-refractivity contribution in [1.29, 1.82) is 0 Å². The lowest BCUT2D eigenvalue weighted by molar-refractivity contribution is -0.145. The summed E-state index contributed by atoms with van der Waals surface area (Å²) in [5, 5.41) is 9.93. The molecule has 3 aromatic carbocycles. The molecule has 0 spiro atoms. The van der Waals surface area contributed by atoms with Crippen LogP contribution in [0.1, 0.15) is 28.8 Å². The van der Waals surface area contributed by atoms with E-state index in [-0.39, 0.29) is 31.5 Å². The summed E-state index contributed by atoms with van der Waals surface area (Å²) in [6, 6.07) is 19.1. The van der Waals surface area contributed by atoms with Gasteiger partial charge in [0.05, 0.1) is 11.0 Å². The van der Waals surface area contributed by atoms with E-state index < -0.39 is 28.9 Å². The van der Waals surface area contributed by atoms with Crippen LogP contribution in [0.3, 0.4) is 0 Å². The third kappa shape index (κ3) is 3.81. The van der Waals surface area contributed by atoms with Gasteiger partial charge in [0.15, 0.2) is 0 Å². The predicted molar refractivity (Wildman–Crippen MR) is 113 cm³/mol. The number of likely N-dealkylation sites (tertiary alicyclic amines) is 1. The first-order chi connectivity index (χ1) is 14.9. The van der Waals surface area contributed by atoms with Gasteiger partial charge in [0.2, 0.25) is 0 Å². The van der Waals surface area contributed by atoms with Gasteiger partial charge in [-0.1, -0.05) is 54.6 Å². The molecule has 158 valence electrons. The van der Waals surface area contributed by atoms with E-state index in [9.17, 15) is 23.5 Å². The molecule has 1 fully saturated rings. The number of rotatable bonds is 4. The first-order valence-corrected chi connectivity index (χ1v) is 10.0. The molecule has 0 bridgehead atoms. The lowest BCUT2D eigenvalue weighted by atomic mass is 9.72. The van der Waals surface area contributed by atoms with Crippen molar-refractivity contribution in [3.63, 3.8) is 0 Å². The second kappa shape index (κ2) is 8.30. The van der Waals surface area contributed by atoms with Crippen LogP contribution in [0, 0.1) is 11.6 Å². The Morgan fingerprint density at radius 1 is 0.839 bits per heavy atom. The maximum absolute atomic E-state index is 14.7. The molecule has 3 aromatic rings. The zero-order chi connectivity index (χ0) is 22.0. The summed E-state index contributed by atoms with van der Waals surface area (Å²) in [7, 11) is 0. The van der Waals surface area contributed by atoms with Gasteiger partial charge >= 0.3 is 5.97 Å². The van der Waals surface area contributed by atoms with Gasteiger partial charge in [-0.15, -0.1) is 0 Å². The number of carboxylic acid groups (broad SMARTS) is 1. The van der Waals surface area contributed by atoms with Gasteiger partial charge < -0.3 is 10.0 Å². The molecule has 0 unspecified atom stereocenters. The lowest BCUT2D eigenvalue weighted by Gasteiger charge is -2.39. The van der Waals surface area contributed by atoms with Gasteiger partial charge in [0.25, 0.3) is 5.91 Å². The zero-order valence-electron chi connectivity index (χ0n) is 16.7. The van der Waals surface area contributed by atoms with E-state index in [0.717, 1.165) is 5.56 Å². The molecule has 1 amide bonds. The van der Waals surface area contributed by atoms with Crippen molar-refractivity contribution in [2.24, 2.45) is 0 Å². The van der Waals surface area contributed by atoms with Crippen molar-refractivity contribution in [3.8, 4) is 11.1 Å². The lowest BCUT2D eigenvalue weighted by Crippen LogP contribution is -2.49. The molecular weight excluding hydrogens is 400 g/mol. The molecule has 6 heteroatoms. The second-order valence-electron chi connectivity index (χ2n) is 7.71. The summed E-state index contributed by atoms with van der Waals surface area (Å²) >= 11 is 0. The average molecular weight is 421 g/mol. The number of benzene rings is 3. The van der Waals surface area contributed by atoms with E-state index in [4.69, 9.17) is 0 Å². The fraction of sp³-hybridized carbons (Fsp3) is 0.200. The molecule has 1 heterocycles. The van der Waals surface area contributed by atoms with Crippen molar-refractivity contribution >= 4 is 11.9 Å². The Bertz CT molecular complexity index is 1110. The number of amides is 1. The first-order valence-electron chi connectivity index (χ1n) is 10.0. The van der Waals surface area contributed by atoms with Crippen LogP contribution < -0.4 is 0 Å². The summed E-state index contributed by atoms with van der Waals surface area (Å²) in [6.45, 7) is 0.316. The number of aliphatic carboxylic acids is 1. The minimum atomic E-state index is -1.21. The summed E-state index contributed by atoms with van der Waals surface area (Å²) in [6.07, 6.45) is 0.323. The number of hydrogen-bond acceptors (Lipinski definition) is 2. The Kier molecular flexibility index (Phi) is 5.55. The second-order valence-corrected chi connectivity index (χ2v) is 7.71. The Labute approximate surface area is 178 Å². The van der Waals surface area contributed by atoms with E-state index in [1.807, 2.05) is 30.3 Å². The number of hydrogen-bond donors (Lipinski definition) is 1. The molecule has 4 rings (SSSR count). The van der Waals surface area contributed by atoms with Crippen molar-refractivity contribution in [3.05, 3.63) is 95.6 Å². The van der Waals surface area contributed by atoms with Crippen molar-refractivity contribution in [2.45, 2.75) is 18.3 Å². The van der Waals surface area contributed by atoms with E-state index in [1.165, 1.54) is 35.2 Å². The number of nitrogens with zero attached hydrogens (tertiary/aromatic N) is 1. The van der Waals surface area contributed by atoms with Crippen LogP contribution in [-0.4, -0.2) is 35.0 Å². The quantitative estimate of drug-likeness (QED) is 0.653. The van der Waals surface area contributed by atoms with Crippen LogP contribution in [-0.2, 0) is 10.2 Å². The van der Waals surface area contributed by atoms with Crippen LogP contribution >= 0.6 is 0 Å². The summed E-state index contributed by atoms with van der Waals surface area (Å²) < 4.78 is 28.1. The maximum Gasteiger partial charge on any atom is 0.314 e. The number of halogens is 2. The molecule has 0 radical (unpaired) electrons. The smallest absolute Gasteiger partial charge is 0.314 e. The third-order valence-electron chi connectivity index (χ3n) is 6.02. The minimum Gasteiger partial charge on any atom is -0.481 e. The standard InChI is InChI=1S/C25H21F2NO3/c26-19-11-9-18(10-12-19)25(24(30)31)13-15-28(16-14-25)23(29)22-20(7-4-8-21(22)27)17-5-2-1-3-6-17/h1-12H,13-16H2,(H,30,31). The minimum absolute atomic E-state index is 0.0155. The van der Waals surface area contributed by atoms with Crippen molar-refractivity contribution < 1.29 is 23.5 Å². The highest BCUT2D eigenvalue weighted by Crippen LogP contribution is 2.37. The molecule has 1 aliphatic heterocycles. The fourth-order valence-electron chi connectivity index (χ4n) is 4.24. The molecule has 1 N–H and O–H groups in total. The topological polar surface area (TPSA) is 57.6 Å². The van der Waals surface area contributed by atoms with Crippen LogP contribution in [0.4, 0.5) is 8.78 Å². The van der Waals surface area contributed by atoms with E-state index in [1.54, 1.807) is 12.1 Å². The Hall–Kier alpha value is -3.54. The van der Waals surface area contributed by atoms with Gasteiger partial charge in [0.1, 0.15) is 11.6 Å². The monoisotopic (exact) mass is 421 g/mol. The molecule has 0 saturated carbocycles. The molecule has 31 heavy (non-hydrogen) atoms. The number of carbonyl (C=O) groups excluding carboxylic acids is 1. The van der Waals surface area contributed by atoms with Gasteiger partial charge in [-0.3, -0.25) is 9.59 Å². The van der Waals surface area contributed by atoms with Crippen LogP contribution in [0.15, 0.2) is 72.8 Å². The predicted octanol–water partition coefficient (Wildman–Crippen LogP) is 4.89. The highest BCUT2D eigenvalue weighted by atomic mass is 19.1. The van der Waals surface area contributed by atoms with E-state index in [2.05, 4.69) is 0 Å². The first kappa shape index (κ1) is 20.7.